The van der Waals surface area contributed by atoms with Crippen molar-refractivity contribution < 1.29 is 16.8 Å². The van der Waals surface area contributed by atoms with E-state index < -0.39 is 19.9 Å². The van der Waals surface area contributed by atoms with Crippen molar-refractivity contribution in [3.05, 3.63) is 24.3 Å². The number of sulfone groups is 1. The van der Waals surface area contributed by atoms with E-state index in [0.29, 0.717) is 12.2 Å². The highest BCUT2D eigenvalue weighted by atomic mass is 32.2. The number of benzene rings is 1. The Kier molecular flexibility index (Phi) is 5.33. The van der Waals surface area contributed by atoms with Crippen molar-refractivity contribution in [3.63, 3.8) is 0 Å². The smallest absolute Gasteiger partial charge is 0.208 e. The summed E-state index contributed by atoms with van der Waals surface area (Å²) in [6.07, 6.45) is 1.07. The van der Waals surface area contributed by atoms with Crippen LogP contribution in [0.5, 0.6) is 0 Å². The number of anilines is 1. The van der Waals surface area contributed by atoms with Gasteiger partial charge in [0.2, 0.25) is 10.0 Å². The summed E-state index contributed by atoms with van der Waals surface area (Å²) in [4.78, 5) is 0.233. The van der Waals surface area contributed by atoms with Gasteiger partial charge in [0.25, 0.3) is 0 Å². The molecule has 0 radical (unpaired) electrons. The topological polar surface area (TPSA) is 92.3 Å². The first-order valence-electron chi connectivity index (χ1n) is 5.76. The second kappa shape index (κ2) is 6.36. The van der Waals surface area contributed by atoms with Crippen LogP contribution in [0.2, 0.25) is 0 Å². The summed E-state index contributed by atoms with van der Waals surface area (Å²) < 4.78 is 47.8. The minimum absolute atomic E-state index is 0.0211. The Morgan fingerprint density at radius 2 is 1.68 bits per heavy atom. The highest BCUT2D eigenvalue weighted by Crippen LogP contribution is 2.21. The zero-order chi connectivity index (χ0) is 14.5. The van der Waals surface area contributed by atoms with Crippen LogP contribution in [-0.4, -0.2) is 41.9 Å². The molecular formula is C11H18N2O4S2. The number of nitrogens with one attached hydrogen (secondary N) is 2. The molecule has 0 aliphatic carbocycles. The molecule has 1 aromatic carbocycles. The van der Waals surface area contributed by atoms with Crippen molar-refractivity contribution in [2.24, 2.45) is 0 Å². The van der Waals surface area contributed by atoms with E-state index in [-0.39, 0.29) is 17.2 Å². The fraction of sp³-hybridized carbons (Fsp3) is 0.455. The van der Waals surface area contributed by atoms with Gasteiger partial charge in [-0.3, -0.25) is 0 Å². The molecule has 0 aliphatic heterocycles. The molecule has 0 saturated heterocycles. The van der Waals surface area contributed by atoms with Gasteiger partial charge in [-0.25, -0.2) is 21.6 Å². The van der Waals surface area contributed by atoms with Crippen molar-refractivity contribution in [1.82, 2.24) is 4.72 Å². The van der Waals surface area contributed by atoms with Crippen LogP contribution in [0.1, 0.15) is 6.92 Å². The maximum absolute atomic E-state index is 11.9. The summed E-state index contributed by atoms with van der Waals surface area (Å²) in [5, 5.41) is 2.92. The standard InChI is InChI=1S/C11H18N2O4S2/c1-3-19(16,17)11-7-5-4-6-10(11)12-8-9-13-18(2,14)15/h4-7,12-13H,3,8-9H2,1-2H3. The largest absolute Gasteiger partial charge is 0.383 e. The molecular weight excluding hydrogens is 288 g/mol. The maximum atomic E-state index is 11.9. The van der Waals surface area contributed by atoms with Gasteiger partial charge in [0.05, 0.1) is 22.6 Å². The average Bonchev–Trinajstić information content (AvgIpc) is 2.34. The van der Waals surface area contributed by atoms with Gasteiger partial charge in [0, 0.05) is 13.1 Å². The highest BCUT2D eigenvalue weighted by Gasteiger charge is 2.15. The van der Waals surface area contributed by atoms with Crippen LogP contribution in [-0.2, 0) is 19.9 Å². The van der Waals surface area contributed by atoms with Crippen LogP contribution < -0.4 is 10.0 Å². The number of para-hydroxylation sites is 1. The molecule has 2 N–H and O–H groups in total. The second-order valence-electron chi connectivity index (χ2n) is 3.99. The number of rotatable bonds is 7. The zero-order valence-electron chi connectivity index (χ0n) is 10.9. The Morgan fingerprint density at radius 3 is 2.26 bits per heavy atom. The van der Waals surface area contributed by atoms with Gasteiger partial charge in [-0.15, -0.1) is 0 Å². The monoisotopic (exact) mass is 306 g/mol. The lowest BCUT2D eigenvalue weighted by Gasteiger charge is -2.11. The first kappa shape index (κ1) is 15.9. The van der Waals surface area contributed by atoms with Crippen LogP contribution in [0.3, 0.4) is 0 Å². The zero-order valence-corrected chi connectivity index (χ0v) is 12.5. The molecule has 1 aromatic rings. The molecule has 0 aliphatic rings. The molecule has 0 saturated carbocycles. The van der Waals surface area contributed by atoms with Gasteiger partial charge < -0.3 is 5.32 Å². The molecule has 19 heavy (non-hydrogen) atoms. The third kappa shape index (κ3) is 5.17. The van der Waals surface area contributed by atoms with E-state index in [0.717, 1.165) is 6.26 Å². The molecule has 0 heterocycles. The molecule has 0 amide bonds. The van der Waals surface area contributed by atoms with Crippen molar-refractivity contribution in [2.45, 2.75) is 11.8 Å². The minimum atomic E-state index is -3.30. The normalized spacial score (nSPS) is 12.3. The molecule has 0 atom stereocenters. The molecule has 0 bridgehead atoms. The molecule has 8 heteroatoms. The summed E-state index contributed by atoms with van der Waals surface area (Å²) in [5.41, 5.74) is 0.486. The average molecular weight is 306 g/mol. The van der Waals surface area contributed by atoms with Gasteiger partial charge in [-0.1, -0.05) is 19.1 Å². The third-order valence-electron chi connectivity index (χ3n) is 2.41. The van der Waals surface area contributed by atoms with E-state index in [1.807, 2.05) is 0 Å². The van der Waals surface area contributed by atoms with Gasteiger partial charge >= 0.3 is 0 Å². The minimum Gasteiger partial charge on any atom is -0.383 e. The van der Waals surface area contributed by atoms with Crippen LogP contribution in [0.4, 0.5) is 5.69 Å². The van der Waals surface area contributed by atoms with Crippen LogP contribution in [0.15, 0.2) is 29.2 Å². The van der Waals surface area contributed by atoms with Crippen LogP contribution in [0, 0.1) is 0 Å². The lowest BCUT2D eigenvalue weighted by Crippen LogP contribution is -2.27. The first-order valence-corrected chi connectivity index (χ1v) is 9.31. The van der Waals surface area contributed by atoms with Gasteiger partial charge in [0.1, 0.15) is 0 Å². The van der Waals surface area contributed by atoms with Crippen LogP contribution in [0.25, 0.3) is 0 Å². The summed E-state index contributed by atoms with van der Waals surface area (Å²) in [5.74, 6) is 0.0211. The Bertz CT molecular complexity index is 624. The summed E-state index contributed by atoms with van der Waals surface area (Å²) in [6.45, 7) is 2.08. The number of hydrogen-bond donors (Lipinski definition) is 2. The highest BCUT2D eigenvalue weighted by molar-refractivity contribution is 7.91. The second-order valence-corrected chi connectivity index (χ2v) is 8.07. The first-order chi connectivity index (χ1) is 8.76. The Morgan fingerprint density at radius 1 is 1.05 bits per heavy atom. The number of hydrogen-bond acceptors (Lipinski definition) is 5. The number of sulfonamides is 1. The van der Waals surface area contributed by atoms with Crippen molar-refractivity contribution in [2.75, 3.05) is 30.4 Å². The quantitative estimate of drug-likeness (QED) is 0.713. The predicted molar refractivity (Wildman–Crippen MR) is 75.5 cm³/mol. The van der Waals surface area contributed by atoms with Gasteiger partial charge in [0.15, 0.2) is 9.84 Å². The predicted octanol–water partition coefficient (Wildman–Crippen LogP) is 0.441. The Balaban J connectivity index is 2.75. The third-order valence-corrected chi connectivity index (χ3v) is 4.92. The van der Waals surface area contributed by atoms with E-state index in [1.54, 1.807) is 25.1 Å². The molecule has 0 spiro atoms. The van der Waals surface area contributed by atoms with Crippen molar-refractivity contribution >= 4 is 25.5 Å². The molecule has 0 fully saturated rings. The van der Waals surface area contributed by atoms with Crippen molar-refractivity contribution in [3.8, 4) is 0 Å². The van der Waals surface area contributed by atoms with Crippen LogP contribution >= 0.6 is 0 Å². The van der Waals surface area contributed by atoms with Gasteiger partial charge in [-0.05, 0) is 12.1 Å². The Hall–Kier alpha value is -1.12. The lowest BCUT2D eigenvalue weighted by molar-refractivity contribution is 0.588. The Labute approximate surface area is 114 Å². The van der Waals surface area contributed by atoms with E-state index in [4.69, 9.17) is 0 Å². The molecule has 6 nitrogen and oxygen atoms in total. The van der Waals surface area contributed by atoms with E-state index in [1.165, 1.54) is 6.07 Å². The summed E-state index contributed by atoms with van der Waals surface area (Å²) in [6, 6.07) is 6.57. The van der Waals surface area contributed by atoms with E-state index in [2.05, 4.69) is 10.0 Å². The molecule has 108 valence electrons. The summed E-state index contributed by atoms with van der Waals surface area (Å²) in [7, 11) is -6.53. The SMILES string of the molecule is CCS(=O)(=O)c1ccccc1NCCNS(C)(=O)=O. The molecule has 0 aromatic heterocycles. The van der Waals surface area contributed by atoms with Crippen molar-refractivity contribution in [1.29, 1.82) is 0 Å². The fourth-order valence-electron chi connectivity index (χ4n) is 1.47. The van der Waals surface area contributed by atoms with Gasteiger partial charge in [-0.2, -0.15) is 0 Å². The molecule has 1 rings (SSSR count). The lowest BCUT2D eigenvalue weighted by atomic mass is 10.3. The van der Waals surface area contributed by atoms with E-state index >= 15 is 0 Å². The summed E-state index contributed by atoms with van der Waals surface area (Å²) >= 11 is 0. The maximum Gasteiger partial charge on any atom is 0.208 e. The van der Waals surface area contributed by atoms with E-state index in [9.17, 15) is 16.8 Å². The molecule has 0 unspecified atom stereocenters. The fourth-order valence-corrected chi connectivity index (χ4v) is 3.02.